The number of hydrogen-bond donors (Lipinski definition) is 1. The summed E-state index contributed by atoms with van der Waals surface area (Å²) in [7, 11) is 1.61. The number of carbonyl (C=O) groups excluding carboxylic acids is 1. The minimum Gasteiger partial charge on any atom is -0.355 e. The van der Waals surface area contributed by atoms with Gasteiger partial charge in [0.2, 0.25) is 0 Å². The molecule has 0 bridgehead atoms. The molecule has 0 aliphatic heterocycles. The average molecular weight is 266 g/mol. The number of aromatic nitrogens is 3. The predicted octanol–water partition coefficient (Wildman–Crippen LogP) is 2.02. The van der Waals surface area contributed by atoms with E-state index in [1.165, 1.54) is 0 Å². The van der Waals surface area contributed by atoms with Crippen molar-refractivity contribution in [3.63, 3.8) is 0 Å². The standard InChI is InChI=1S/C15H14N4O/c1-16-14(20)13-11-17-19(12-7-3-2-4-8-12)15(13)18-9-5-6-10-18/h2-11H,1H3,(H,16,20). The fourth-order valence-corrected chi connectivity index (χ4v) is 2.12. The second kappa shape index (κ2) is 5.05. The van der Waals surface area contributed by atoms with Gasteiger partial charge in [-0.25, -0.2) is 4.68 Å². The van der Waals surface area contributed by atoms with Crippen LogP contribution in [0.4, 0.5) is 0 Å². The summed E-state index contributed by atoms with van der Waals surface area (Å²) >= 11 is 0. The van der Waals surface area contributed by atoms with Crippen LogP contribution >= 0.6 is 0 Å². The molecule has 0 spiro atoms. The molecule has 2 heterocycles. The molecule has 0 unspecified atom stereocenters. The number of para-hydroxylation sites is 1. The van der Waals surface area contributed by atoms with Crippen molar-refractivity contribution < 1.29 is 4.79 Å². The minimum absolute atomic E-state index is 0.157. The lowest BCUT2D eigenvalue weighted by Gasteiger charge is -2.10. The summed E-state index contributed by atoms with van der Waals surface area (Å²) in [6, 6.07) is 13.6. The van der Waals surface area contributed by atoms with Crippen LogP contribution < -0.4 is 5.32 Å². The number of benzene rings is 1. The molecule has 3 aromatic rings. The van der Waals surface area contributed by atoms with Gasteiger partial charge in [-0.1, -0.05) is 18.2 Å². The van der Waals surface area contributed by atoms with Gasteiger partial charge in [-0.15, -0.1) is 0 Å². The van der Waals surface area contributed by atoms with Crippen LogP contribution in [0.3, 0.4) is 0 Å². The first-order valence-corrected chi connectivity index (χ1v) is 6.30. The summed E-state index contributed by atoms with van der Waals surface area (Å²) in [6.07, 6.45) is 5.37. The van der Waals surface area contributed by atoms with Crippen molar-refractivity contribution in [3.05, 3.63) is 66.6 Å². The number of hydrogen-bond acceptors (Lipinski definition) is 2. The Bertz CT molecular complexity index is 714. The second-order valence-electron chi connectivity index (χ2n) is 4.30. The van der Waals surface area contributed by atoms with Crippen LogP contribution in [-0.2, 0) is 0 Å². The number of carbonyl (C=O) groups is 1. The van der Waals surface area contributed by atoms with Crippen LogP contribution in [0, 0.1) is 0 Å². The minimum atomic E-state index is -0.157. The Labute approximate surface area is 116 Å². The molecule has 5 nitrogen and oxygen atoms in total. The first-order valence-electron chi connectivity index (χ1n) is 6.30. The van der Waals surface area contributed by atoms with Crippen molar-refractivity contribution in [1.82, 2.24) is 19.7 Å². The van der Waals surface area contributed by atoms with E-state index in [1.54, 1.807) is 17.9 Å². The molecule has 0 saturated heterocycles. The van der Waals surface area contributed by atoms with Crippen molar-refractivity contribution in [2.75, 3.05) is 7.05 Å². The van der Waals surface area contributed by atoms with Crippen LogP contribution in [0.5, 0.6) is 0 Å². The van der Waals surface area contributed by atoms with E-state index in [-0.39, 0.29) is 5.91 Å². The molecule has 0 aliphatic rings. The zero-order chi connectivity index (χ0) is 13.9. The fraction of sp³-hybridized carbons (Fsp3) is 0.0667. The van der Waals surface area contributed by atoms with E-state index in [1.807, 2.05) is 59.4 Å². The zero-order valence-corrected chi connectivity index (χ0v) is 11.0. The molecule has 3 rings (SSSR count). The van der Waals surface area contributed by atoms with Gasteiger partial charge in [-0.3, -0.25) is 4.79 Å². The summed E-state index contributed by atoms with van der Waals surface area (Å²) in [5.41, 5.74) is 1.44. The van der Waals surface area contributed by atoms with Crippen molar-refractivity contribution >= 4 is 5.91 Å². The van der Waals surface area contributed by atoms with Gasteiger partial charge in [0.15, 0.2) is 5.82 Å². The maximum absolute atomic E-state index is 12.0. The fourth-order valence-electron chi connectivity index (χ4n) is 2.12. The van der Waals surface area contributed by atoms with E-state index in [0.29, 0.717) is 5.56 Å². The van der Waals surface area contributed by atoms with Gasteiger partial charge >= 0.3 is 0 Å². The third kappa shape index (κ3) is 1.99. The molecule has 0 fully saturated rings. The number of nitrogens with zero attached hydrogens (tertiary/aromatic N) is 3. The monoisotopic (exact) mass is 266 g/mol. The van der Waals surface area contributed by atoms with Gasteiger partial charge in [0.25, 0.3) is 5.91 Å². The number of nitrogens with one attached hydrogen (secondary N) is 1. The molecule has 100 valence electrons. The molecule has 0 radical (unpaired) electrons. The highest BCUT2D eigenvalue weighted by Crippen LogP contribution is 2.19. The summed E-state index contributed by atoms with van der Waals surface area (Å²) in [5, 5.41) is 6.99. The van der Waals surface area contributed by atoms with Gasteiger partial charge in [-0.2, -0.15) is 5.10 Å². The van der Waals surface area contributed by atoms with Crippen LogP contribution in [0.2, 0.25) is 0 Å². The highest BCUT2D eigenvalue weighted by Gasteiger charge is 2.18. The summed E-state index contributed by atoms with van der Waals surface area (Å²) < 4.78 is 3.63. The largest absolute Gasteiger partial charge is 0.355 e. The lowest BCUT2D eigenvalue weighted by atomic mass is 10.3. The Hall–Kier alpha value is -2.82. The highest BCUT2D eigenvalue weighted by atomic mass is 16.1. The normalized spacial score (nSPS) is 10.4. The van der Waals surface area contributed by atoms with Crippen LogP contribution in [0.1, 0.15) is 10.4 Å². The molecule has 1 N–H and O–H groups in total. The Morgan fingerprint density at radius 3 is 2.45 bits per heavy atom. The van der Waals surface area contributed by atoms with Gasteiger partial charge < -0.3 is 9.88 Å². The number of amides is 1. The third-order valence-electron chi connectivity index (χ3n) is 3.07. The molecule has 1 aromatic carbocycles. The van der Waals surface area contributed by atoms with Crippen LogP contribution in [-0.4, -0.2) is 27.3 Å². The Morgan fingerprint density at radius 1 is 1.10 bits per heavy atom. The van der Waals surface area contributed by atoms with Gasteiger partial charge in [0.1, 0.15) is 5.56 Å². The maximum Gasteiger partial charge on any atom is 0.256 e. The topological polar surface area (TPSA) is 51.9 Å². The Morgan fingerprint density at radius 2 is 1.80 bits per heavy atom. The second-order valence-corrected chi connectivity index (χ2v) is 4.30. The molecule has 5 heteroatoms. The highest BCUT2D eigenvalue weighted by molar-refractivity contribution is 5.97. The first-order chi connectivity index (χ1) is 9.81. The quantitative estimate of drug-likeness (QED) is 0.788. The predicted molar refractivity (Wildman–Crippen MR) is 76.3 cm³/mol. The van der Waals surface area contributed by atoms with Crippen LogP contribution in [0.15, 0.2) is 61.1 Å². The molecule has 0 atom stereocenters. The summed E-state index contributed by atoms with van der Waals surface area (Å²) in [5.74, 6) is 0.566. The van der Waals surface area contributed by atoms with Gasteiger partial charge in [-0.05, 0) is 24.3 Å². The first kappa shape index (κ1) is 12.2. The molecule has 0 saturated carbocycles. The smallest absolute Gasteiger partial charge is 0.256 e. The van der Waals surface area contributed by atoms with Gasteiger partial charge in [0, 0.05) is 19.4 Å². The Kier molecular flexibility index (Phi) is 3.09. The summed E-state index contributed by atoms with van der Waals surface area (Å²) in [6.45, 7) is 0. The molecular formula is C15H14N4O. The third-order valence-corrected chi connectivity index (χ3v) is 3.07. The van der Waals surface area contributed by atoms with E-state index in [4.69, 9.17) is 0 Å². The molecule has 2 aromatic heterocycles. The SMILES string of the molecule is CNC(=O)c1cnn(-c2ccccc2)c1-n1cccc1. The van der Waals surface area contributed by atoms with E-state index in [0.717, 1.165) is 11.5 Å². The molecule has 0 aliphatic carbocycles. The molecular weight excluding hydrogens is 252 g/mol. The molecule has 20 heavy (non-hydrogen) atoms. The summed E-state index contributed by atoms with van der Waals surface area (Å²) in [4.78, 5) is 12.0. The lowest BCUT2D eigenvalue weighted by molar-refractivity contribution is 0.0963. The van der Waals surface area contributed by atoms with Crippen molar-refractivity contribution in [2.45, 2.75) is 0 Å². The van der Waals surface area contributed by atoms with Gasteiger partial charge in [0.05, 0.1) is 11.9 Å². The lowest BCUT2D eigenvalue weighted by Crippen LogP contribution is -2.19. The van der Waals surface area contributed by atoms with Crippen LogP contribution in [0.25, 0.3) is 11.5 Å². The Balaban J connectivity index is 2.22. The van der Waals surface area contributed by atoms with Crippen molar-refractivity contribution in [3.8, 4) is 11.5 Å². The van der Waals surface area contributed by atoms with E-state index in [9.17, 15) is 4.79 Å². The van der Waals surface area contributed by atoms with Crippen molar-refractivity contribution in [2.24, 2.45) is 0 Å². The van der Waals surface area contributed by atoms with E-state index < -0.39 is 0 Å². The zero-order valence-electron chi connectivity index (χ0n) is 11.0. The van der Waals surface area contributed by atoms with E-state index in [2.05, 4.69) is 10.4 Å². The molecule has 1 amide bonds. The van der Waals surface area contributed by atoms with E-state index >= 15 is 0 Å². The maximum atomic E-state index is 12.0. The van der Waals surface area contributed by atoms with Crippen molar-refractivity contribution in [1.29, 1.82) is 0 Å². The average Bonchev–Trinajstić information content (AvgIpc) is 3.15. The number of rotatable bonds is 3.